The Morgan fingerprint density at radius 2 is 2.16 bits per heavy atom. The van der Waals surface area contributed by atoms with Gasteiger partial charge in [0.05, 0.1) is 0 Å². The molecular formula is C18H23N5OS. The highest BCUT2D eigenvalue weighted by Crippen LogP contribution is 2.19. The van der Waals surface area contributed by atoms with Crippen LogP contribution < -0.4 is 15.5 Å². The molecule has 0 radical (unpaired) electrons. The van der Waals surface area contributed by atoms with E-state index in [-0.39, 0.29) is 5.91 Å². The van der Waals surface area contributed by atoms with Crippen LogP contribution in [0.4, 0.5) is 11.8 Å². The third-order valence-electron chi connectivity index (χ3n) is 3.92. The number of aromatic nitrogens is 2. The fraction of sp³-hybridized carbons (Fsp3) is 0.389. The lowest BCUT2D eigenvalue weighted by Crippen LogP contribution is -2.27. The predicted molar refractivity (Wildman–Crippen MR) is 103 cm³/mol. The quantitative estimate of drug-likeness (QED) is 0.589. The minimum absolute atomic E-state index is 0.0990. The number of hydrogen-bond acceptors (Lipinski definition) is 6. The molecule has 2 aromatic heterocycles. The van der Waals surface area contributed by atoms with Gasteiger partial charge in [-0.25, -0.2) is 4.98 Å². The Kier molecular flexibility index (Phi) is 6.00. The topological polar surface area (TPSA) is 70.2 Å². The summed E-state index contributed by atoms with van der Waals surface area (Å²) in [5, 5.41) is 8.02. The monoisotopic (exact) mass is 357 g/mol. The lowest BCUT2D eigenvalue weighted by Gasteiger charge is -2.17. The summed E-state index contributed by atoms with van der Waals surface area (Å²) in [7, 11) is 0. The summed E-state index contributed by atoms with van der Waals surface area (Å²) in [5.74, 6) is 1.50. The fourth-order valence-corrected chi connectivity index (χ4v) is 3.32. The van der Waals surface area contributed by atoms with Gasteiger partial charge in [0.1, 0.15) is 5.82 Å². The van der Waals surface area contributed by atoms with Crippen LogP contribution in [-0.2, 0) is 4.79 Å². The van der Waals surface area contributed by atoms with Crippen molar-refractivity contribution in [2.24, 2.45) is 0 Å². The van der Waals surface area contributed by atoms with E-state index in [9.17, 15) is 4.79 Å². The van der Waals surface area contributed by atoms with E-state index in [1.165, 1.54) is 12.8 Å². The molecule has 0 aromatic carbocycles. The molecule has 1 aliphatic rings. The van der Waals surface area contributed by atoms with Gasteiger partial charge in [-0.3, -0.25) is 4.79 Å². The number of thiophene rings is 1. The van der Waals surface area contributed by atoms with Crippen LogP contribution in [0.1, 0.15) is 23.4 Å². The maximum Gasteiger partial charge on any atom is 0.244 e. The fourth-order valence-electron chi connectivity index (χ4n) is 2.70. The number of rotatable bonds is 7. The largest absolute Gasteiger partial charge is 0.356 e. The summed E-state index contributed by atoms with van der Waals surface area (Å²) >= 11 is 1.60. The van der Waals surface area contributed by atoms with Gasteiger partial charge in [0.15, 0.2) is 0 Å². The van der Waals surface area contributed by atoms with Crippen molar-refractivity contribution in [3.05, 3.63) is 40.2 Å². The number of carbonyl (C=O) groups is 1. The van der Waals surface area contributed by atoms with E-state index in [1.807, 2.05) is 36.6 Å². The molecule has 6 nitrogen and oxygen atoms in total. The zero-order chi connectivity index (χ0) is 17.5. The van der Waals surface area contributed by atoms with Crippen molar-refractivity contribution < 1.29 is 4.79 Å². The molecule has 0 atom stereocenters. The zero-order valence-electron chi connectivity index (χ0n) is 14.4. The second kappa shape index (κ2) is 8.62. The molecule has 0 bridgehead atoms. The van der Waals surface area contributed by atoms with Crippen LogP contribution in [0, 0.1) is 6.92 Å². The predicted octanol–water partition coefficient (Wildman–Crippen LogP) is 2.69. The minimum atomic E-state index is -0.0990. The van der Waals surface area contributed by atoms with E-state index in [2.05, 4.69) is 25.5 Å². The van der Waals surface area contributed by atoms with Gasteiger partial charge in [-0.1, -0.05) is 6.07 Å². The van der Waals surface area contributed by atoms with Crippen molar-refractivity contribution in [2.75, 3.05) is 36.4 Å². The van der Waals surface area contributed by atoms with Crippen molar-refractivity contribution in [3.63, 3.8) is 0 Å². The van der Waals surface area contributed by atoms with Crippen molar-refractivity contribution in [1.82, 2.24) is 15.3 Å². The molecule has 132 valence electrons. The molecule has 0 spiro atoms. The molecule has 3 heterocycles. The van der Waals surface area contributed by atoms with E-state index >= 15 is 0 Å². The third-order valence-corrected chi connectivity index (χ3v) is 4.76. The minimum Gasteiger partial charge on any atom is -0.356 e. The first-order valence-electron chi connectivity index (χ1n) is 8.54. The van der Waals surface area contributed by atoms with E-state index in [0.29, 0.717) is 19.0 Å². The average molecular weight is 357 g/mol. The Labute approximate surface area is 152 Å². The molecule has 0 aliphatic carbocycles. The lowest BCUT2D eigenvalue weighted by molar-refractivity contribution is -0.116. The van der Waals surface area contributed by atoms with Gasteiger partial charge in [0.25, 0.3) is 0 Å². The number of hydrogen-bond donors (Lipinski definition) is 2. The highest BCUT2D eigenvalue weighted by atomic mass is 32.1. The lowest BCUT2D eigenvalue weighted by atomic mass is 10.4. The summed E-state index contributed by atoms with van der Waals surface area (Å²) < 4.78 is 0. The van der Waals surface area contributed by atoms with Gasteiger partial charge in [0, 0.05) is 48.9 Å². The first-order valence-corrected chi connectivity index (χ1v) is 9.42. The van der Waals surface area contributed by atoms with Crippen LogP contribution in [0.5, 0.6) is 0 Å². The smallest absolute Gasteiger partial charge is 0.244 e. The zero-order valence-corrected chi connectivity index (χ0v) is 15.2. The summed E-state index contributed by atoms with van der Waals surface area (Å²) in [6.45, 7) is 5.19. The first kappa shape index (κ1) is 17.4. The molecule has 25 heavy (non-hydrogen) atoms. The summed E-state index contributed by atoms with van der Waals surface area (Å²) in [4.78, 5) is 24.1. The molecule has 2 N–H and O–H groups in total. The molecular weight excluding hydrogens is 334 g/mol. The summed E-state index contributed by atoms with van der Waals surface area (Å²) in [6, 6.07) is 5.96. The summed E-state index contributed by atoms with van der Waals surface area (Å²) in [6.07, 6.45) is 5.81. The molecule has 3 rings (SSSR count). The Hall–Kier alpha value is -2.41. The van der Waals surface area contributed by atoms with Crippen LogP contribution in [0.3, 0.4) is 0 Å². The number of carbonyl (C=O) groups excluding carboxylic acids is 1. The number of aryl methyl sites for hydroxylation is 1. The molecule has 0 unspecified atom stereocenters. The van der Waals surface area contributed by atoms with Gasteiger partial charge < -0.3 is 15.5 Å². The molecule has 1 saturated heterocycles. The van der Waals surface area contributed by atoms with Gasteiger partial charge in [-0.05, 0) is 37.3 Å². The molecule has 1 amide bonds. The van der Waals surface area contributed by atoms with Gasteiger partial charge >= 0.3 is 0 Å². The van der Waals surface area contributed by atoms with Crippen molar-refractivity contribution >= 4 is 35.1 Å². The first-order chi connectivity index (χ1) is 12.2. The Morgan fingerprint density at radius 1 is 1.32 bits per heavy atom. The maximum absolute atomic E-state index is 11.8. The van der Waals surface area contributed by atoms with Crippen LogP contribution in [0.15, 0.2) is 29.7 Å². The van der Waals surface area contributed by atoms with Crippen molar-refractivity contribution in [2.45, 2.75) is 19.8 Å². The molecule has 7 heteroatoms. The average Bonchev–Trinajstić information content (AvgIpc) is 3.30. The second-order valence-corrected chi connectivity index (χ2v) is 6.93. The maximum atomic E-state index is 11.8. The molecule has 1 fully saturated rings. The number of nitrogens with one attached hydrogen (secondary N) is 2. The van der Waals surface area contributed by atoms with Crippen LogP contribution in [0.2, 0.25) is 0 Å². The standard InChI is InChI=1S/C18H23N5OS/c1-14-13-16(23-10-2-3-11-23)22-18(21-14)20-9-8-19-17(24)7-6-15-5-4-12-25-15/h4-7,12-13H,2-3,8-11H2,1H3,(H,19,24)(H,20,21,22)/b7-6+. The van der Waals surface area contributed by atoms with Crippen molar-refractivity contribution in [3.8, 4) is 0 Å². The second-order valence-electron chi connectivity index (χ2n) is 5.95. The van der Waals surface area contributed by atoms with E-state index < -0.39 is 0 Å². The SMILES string of the molecule is Cc1cc(N2CCCC2)nc(NCCNC(=O)/C=C/c2cccs2)n1. The van der Waals surface area contributed by atoms with Gasteiger partial charge in [0.2, 0.25) is 11.9 Å². The van der Waals surface area contributed by atoms with Crippen LogP contribution in [0.25, 0.3) is 6.08 Å². The molecule has 2 aromatic rings. The Balaban J connectivity index is 1.44. The normalized spacial score (nSPS) is 14.2. The number of amides is 1. The van der Waals surface area contributed by atoms with Gasteiger partial charge in [-0.2, -0.15) is 4.98 Å². The van der Waals surface area contributed by atoms with E-state index in [0.717, 1.165) is 29.5 Å². The van der Waals surface area contributed by atoms with Crippen LogP contribution >= 0.6 is 11.3 Å². The van der Waals surface area contributed by atoms with Crippen LogP contribution in [-0.4, -0.2) is 42.1 Å². The van der Waals surface area contributed by atoms with E-state index in [4.69, 9.17) is 0 Å². The summed E-state index contributed by atoms with van der Waals surface area (Å²) in [5.41, 5.74) is 0.947. The number of nitrogens with zero attached hydrogens (tertiary/aromatic N) is 3. The number of anilines is 2. The molecule has 0 saturated carbocycles. The third kappa shape index (κ3) is 5.29. The molecule has 1 aliphatic heterocycles. The highest BCUT2D eigenvalue weighted by molar-refractivity contribution is 7.10. The van der Waals surface area contributed by atoms with Gasteiger partial charge in [-0.15, -0.1) is 11.3 Å². The van der Waals surface area contributed by atoms with Crippen molar-refractivity contribution in [1.29, 1.82) is 0 Å². The highest BCUT2D eigenvalue weighted by Gasteiger charge is 2.14. The Morgan fingerprint density at radius 3 is 2.92 bits per heavy atom. The Bertz CT molecular complexity index is 723. The van der Waals surface area contributed by atoms with E-state index in [1.54, 1.807) is 17.4 Å².